The molecule has 2 aromatic carbocycles. The summed E-state index contributed by atoms with van der Waals surface area (Å²) in [4.78, 5) is 19.4. The molecule has 0 bridgehead atoms. The number of fused-ring (bicyclic) bond motifs is 1. The highest BCUT2D eigenvalue weighted by atomic mass is 35.5. The molecule has 2 atom stereocenters. The number of rotatable bonds is 2. The first-order valence-electron chi connectivity index (χ1n) is 7.78. The van der Waals surface area contributed by atoms with Gasteiger partial charge in [0.15, 0.2) is 6.10 Å². The van der Waals surface area contributed by atoms with E-state index < -0.39 is 17.5 Å². The SMILES string of the molecule is O=C(c1ccccc1F)N1CC2ON=C(c3c(F)cccc3Cl)C2C1. The average Bonchev–Trinajstić information content (AvgIpc) is 3.16. The Bertz CT molecular complexity index is 867. The molecule has 2 aliphatic heterocycles. The van der Waals surface area contributed by atoms with Gasteiger partial charge in [-0.05, 0) is 24.3 Å². The fraction of sp³-hybridized carbons (Fsp3) is 0.222. The third-order valence-corrected chi connectivity index (χ3v) is 4.83. The third-order valence-electron chi connectivity index (χ3n) is 4.51. The molecule has 1 fully saturated rings. The number of amides is 1. The lowest BCUT2D eigenvalue weighted by Gasteiger charge is -2.17. The summed E-state index contributed by atoms with van der Waals surface area (Å²) < 4.78 is 28.0. The molecule has 0 radical (unpaired) electrons. The second-order valence-electron chi connectivity index (χ2n) is 6.01. The Hall–Kier alpha value is -2.47. The topological polar surface area (TPSA) is 41.9 Å². The fourth-order valence-electron chi connectivity index (χ4n) is 3.28. The zero-order chi connectivity index (χ0) is 17.6. The number of hydrogen-bond acceptors (Lipinski definition) is 3. The molecule has 2 heterocycles. The minimum absolute atomic E-state index is 0.00452. The van der Waals surface area contributed by atoms with Crippen LogP contribution in [0.15, 0.2) is 47.6 Å². The molecule has 2 aromatic rings. The number of nitrogens with zero attached hydrogens (tertiary/aromatic N) is 2. The lowest BCUT2D eigenvalue weighted by atomic mass is 9.94. The van der Waals surface area contributed by atoms with E-state index in [-0.39, 0.29) is 41.3 Å². The quantitative estimate of drug-likeness (QED) is 0.820. The van der Waals surface area contributed by atoms with Crippen LogP contribution in [0.2, 0.25) is 5.02 Å². The van der Waals surface area contributed by atoms with Crippen LogP contribution in [0.4, 0.5) is 8.78 Å². The summed E-state index contributed by atoms with van der Waals surface area (Å²) in [6, 6.07) is 10.2. The molecule has 7 heteroatoms. The molecule has 2 aliphatic rings. The van der Waals surface area contributed by atoms with Gasteiger partial charge in [-0.2, -0.15) is 0 Å². The highest BCUT2D eigenvalue weighted by molar-refractivity contribution is 6.34. The molecule has 1 amide bonds. The maximum absolute atomic E-state index is 14.2. The van der Waals surface area contributed by atoms with Gasteiger partial charge in [-0.1, -0.05) is 35.0 Å². The van der Waals surface area contributed by atoms with Crippen molar-refractivity contribution in [2.24, 2.45) is 11.1 Å². The summed E-state index contributed by atoms with van der Waals surface area (Å²) in [6.45, 7) is 0.526. The van der Waals surface area contributed by atoms with Gasteiger partial charge < -0.3 is 9.74 Å². The van der Waals surface area contributed by atoms with Crippen LogP contribution in [-0.2, 0) is 4.84 Å². The summed E-state index contributed by atoms with van der Waals surface area (Å²) in [6.07, 6.45) is -0.388. The monoisotopic (exact) mass is 362 g/mol. The van der Waals surface area contributed by atoms with E-state index in [0.717, 1.165) is 0 Å². The van der Waals surface area contributed by atoms with Crippen molar-refractivity contribution in [2.75, 3.05) is 13.1 Å². The van der Waals surface area contributed by atoms with Gasteiger partial charge in [0.2, 0.25) is 0 Å². The van der Waals surface area contributed by atoms with E-state index in [1.807, 2.05) is 0 Å². The van der Waals surface area contributed by atoms with Gasteiger partial charge in [0.05, 0.1) is 28.6 Å². The molecule has 2 unspecified atom stereocenters. The minimum Gasteiger partial charge on any atom is -0.390 e. The molecule has 0 aromatic heterocycles. The van der Waals surface area contributed by atoms with Gasteiger partial charge in [-0.15, -0.1) is 0 Å². The van der Waals surface area contributed by atoms with Gasteiger partial charge in [0, 0.05) is 6.54 Å². The number of carbonyl (C=O) groups excluding carboxylic acids is 1. The Morgan fingerprint density at radius 1 is 1.12 bits per heavy atom. The summed E-state index contributed by atoms with van der Waals surface area (Å²) in [5.74, 6) is -1.79. The maximum atomic E-state index is 14.2. The van der Waals surface area contributed by atoms with E-state index in [9.17, 15) is 13.6 Å². The van der Waals surface area contributed by atoms with Crippen LogP contribution in [0.25, 0.3) is 0 Å². The van der Waals surface area contributed by atoms with Crippen LogP contribution in [-0.4, -0.2) is 35.7 Å². The van der Waals surface area contributed by atoms with E-state index in [4.69, 9.17) is 16.4 Å². The lowest BCUT2D eigenvalue weighted by Crippen LogP contribution is -2.31. The first-order valence-corrected chi connectivity index (χ1v) is 8.16. The third kappa shape index (κ3) is 2.66. The number of hydrogen-bond donors (Lipinski definition) is 0. The molecule has 0 N–H and O–H groups in total. The number of halogens is 3. The average molecular weight is 363 g/mol. The van der Waals surface area contributed by atoms with Crippen LogP contribution < -0.4 is 0 Å². The number of benzene rings is 2. The maximum Gasteiger partial charge on any atom is 0.256 e. The molecule has 0 saturated carbocycles. The van der Waals surface area contributed by atoms with Crippen LogP contribution in [0, 0.1) is 17.6 Å². The van der Waals surface area contributed by atoms with Crippen molar-refractivity contribution in [3.63, 3.8) is 0 Å². The zero-order valence-electron chi connectivity index (χ0n) is 13.0. The van der Waals surface area contributed by atoms with Crippen molar-refractivity contribution < 1.29 is 18.4 Å². The standard InChI is InChI=1S/C18H13ClF2N2O2/c19-12-5-3-7-14(21)16(12)17-11-8-23(9-15(11)25-22-17)18(24)10-4-1-2-6-13(10)20/h1-7,11,15H,8-9H2. The molecule has 4 nitrogen and oxygen atoms in total. The van der Waals surface area contributed by atoms with Crippen LogP contribution in [0.1, 0.15) is 15.9 Å². The minimum atomic E-state index is -0.573. The van der Waals surface area contributed by atoms with Crippen molar-refractivity contribution >= 4 is 23.2 Å². The lowest BCUT2D eigenvalue weighted by molar-refractivity contribution is 0.0629. The molecule has 25 heavy (non-hydrogen) atoms. The molecule has 4 rings (SSSR count). The molecular weight excluding hydrogens is 350 g/mol. The Morgan fingerprint density at radius 2 is 1.88 bits per heavy atom. The summed E-state index contributed by atoms with van der Waals surface area (Å²) in [5, 5.41) is 4.21. The van der Waals surface area contributed by atoms with Gasteiger partial charge in [0.1, 0.15) is 17.3 Å². The first-order chi connectivity index (χ1) is 12.1. The normalized spacial score (nSPS) is 21.7. The Morgan fingerprint density at radius 3 is 2.64 bits per heavy atom. The highest BCUT2D eigenvalue weighted by Gasteiger charge is 2.45. The highest BCUT2D eigenvalue weighted by Crippen LogP contribution is 2.34. The predicted molar refractivity (Wildman–Crippen MR) is 88.6 cm³/mol. The van der Waals surface area contributed by atoms with Crippen molar-refractivity contribution in [1.82, 2.24) is 4.90 Å². The second-order valence-corrected chi connectivity index (χ2v) is 6.42. The van der Waals surface area contributed by atoms with Crippen molar-refractivity contribution in [3.8, 4) is 0 Å². The number of likely N-dealkylation sites (tertiary alicyclic amines) is 1. The van der Waals surface area contributed by atoms with E-state index in [0.29, 0.717) is 5.71 Å². The van der Waals surface area contributed by atoms with Crippen LogP contribution in [0.5, 0.6) is 0 Å². The largest absolute Gasteiger partial charge is 0.390 e. The predicted octanol–water partition coefficient (Wildman–Crippen LogP) is 3.49. The van der Waals surface area contributed by atoms with Gasteiger partial charge in [-0.25, -0.2) is 8.78 Å². The van der Waals surface area contributed by atoms with Crippen LogP contribution >= 0.6 is 11.6 Å². The van der Waals surface area contributed by atoms with Crippen molar-refractivity contribution in [2.45, 2.75) is 6.10 Å². The van der Waals surface area contributed by atoms with Gasteiger partial charge >= 0.3 is 0 Å². The van der Waals surface area contributed by atoms with E-state index in [2.05, 4.69) is 5.16 Å². The van der Waals surface area contributed by atoms with Crippen molar-refractivity contribution in [1.29, 1.82) is 0 Å². The van der Waals surface area contributed by atoms with E-state index in [1.54, 1.807) is 12.1 Å². The van der Waals surface area contributed by atoms with E-state index >= 15 is 0 Å². The van der Waals surface area contributed by atoms with Gasteiger partial charge in [0.25, 0.3) is 5.91 Å². The Balaban J connectivity index is 1.60. The smallest absolute Gasteiger partial charge is 0.256 e. The molecule has 0 spiro atoms. The molecule has 128 valence electrons. The number of oxime groups is 1. The zero-order valence-corrected chi connectivity index (χ0v) is 13.7. The molecule has 1 saturated heterocycles. The molecular formula is C18H13ClF2N2O2. The second kappa shape index (κ2) is 6.11. The first kappa shape index (κ1) is 16.0. The number of carbonyl (C=O) groups is 1. The Kier molecular flexibility index (Phi) is 3.92. The van der Waals surface area contributed by atoms with Gasteiger partial charge in [-0.3, -0.25) is 4.79 Å². The fourth-order valence-corrected chi connectivity index (χ4v) is 3.54. The van der Waals surface area contributed by atoms with E-state index in [1.165, 1.54) is 35.2 Å². The summed E-state index contributed by atoms with van der Waals surface area (Å²) in [7, 11) is 0. The molecule has 0 aliphatic carbocycles. The summed E-state index contributed by atoms with van der Waals surface area (Å²) in [5.41, 5.74) is 0.582. The summed E-state index contributed by atoms with van der Waals surface area (Å²) >= 11 is 6.11. The van der Waals surface area contributed by atoms with Crippen LogP contribution in [0.3, 0.4) is 0 Å². The Labute approximate surface area is 147 Å². The van der Waals surface area contributed by atoms with Crippen molar-refractivity contribution in [3.05, 3.63) is 70.2 Å².